The van der Waals surface area contributed by atoms with Crippen molar-refractivity contribution >= 4 is 5.82 Å². The molecule has 0 atom stereocenters. The molecule has 0 saturated carbocycles. The van der Waals surface area contributed by atoms with E-state index in [9.17, 15) is 0 Å². The zero-order chi connectivity index (χ0) is 23.8. The summed E-state index contributed by atoms with van der Waals surface area (Å²) in [5.41, 5.74) is 3.55. The first-order valence-corrected chi connectivity index (χ1v) is 12.8. The summed E-state index contributed by atoms with van der Waals surface area (Å²) in [6.45, 7) is 22.0. The van der Waals surface area contributed by atoms with Gasteiger partial charge in [0.25, 0.3) is 5.82 Å². The number of hydrogen-bond acceptors (Lipinski definition) is 5. The van der Waals surface area contributed by atoms with Gasteiger partial charge in [0.15, 0.2) is 0 Å². The van der Waals surface area contributed by atoms with Crippen molar-refractivity contribution in [3.8, 4) is 11.4 Å². The second-order valence-corrected chi connectivity index (χ2v) is 9.43. The maximum Gasteiger partial charge on any atom is 0.333 e. The number of benzene rings is 1. The fourth-order valence-electron chi connectivity index (χ4n) is 4.58. The molecule has 182 valence electrons. The van der Waals surface area contributed by atoms with Crippen LogP contribution in [0.1, 0.15) is 52.8 Å². The lowest BCUT2D eigenvalue weighted by Crippen LogP contribution is -2.51. The lowest BCUT2D eigenvalue weighted by atomic mass is 9.95. The molecule has 0 aliphatic carbocycles. The van der Waals surface area contributed by atoms with E-state index in [1.165, 1.54) is 11.3 Å². The first-order chi connectivity index (χ1) is 15.9. The molecule has 0 spiro atoms. The Balaban J connectivity index is 2.04. The quantitative estimate of drug-likeness (QED) is 0.492. The van der Waals surface area contributed by atoms with Crippen molar-refractivity contribution in [3.63, 3.8) is 0 Å². The van der Waals surface area contributed by atoms with Crippen molar-refractivity contribution in [2.24, 2.45) is 0 Å². The molecule has 1 aromatic carbocycles. The van der Waals surface area contributed by atoms with Gasteiger partial charge in [0, 0.05) is 26.1 Å². The maximum atomic E-state index is 6.26. The summed E-state index contributed by atoms with van der Waals surface area (Å²) < 4.78 is 8.72. The number of likely N-dealkylation sites (N-methyl/N-ethyl adjacent to an activating group) is 2. The molecule has 1 aliphatic rings. The fraction of sp³-hybridized carbons (Fsp3) is 0.630. The van der Waals surface area contributed by atoms with Crippen LogP contribution >= 0.6 is 0 Å². The van der Waals surface area contributed by atoms with Crippen LogP contribution in [0.25, 0.3) is 11.4 Å². The topological polar surface area (TPSA) is 44.5 Å². The number of fused-ring (bicyclic) bond motifs is 1. The van der Waals surface area contributed by atoms with Crippen LogP contribution in [0.4, 0.5) is 5.82 Å². The molecule has 0 fully saturated rings. The maximum absolute atomic E-state index is 6.26. The second-order valence-electron chi connectivity index (χ2n) is 9.43. The lowest BCUT2D eigenvalue weighted by Gasteiger charge is -2.32. The Labute approximate surface area is 201 Å². The van der Waals surface area contributed by atoms with Gasteiger partial charge in [-0.1, -0.05) is 45.9 Å². The van der Waals surface area contributed by atoms with Gasteiger partial charge in [-0.2, -0.15) is 0 Å². The second kappa shape index (κ2) is 11.9. The van der Waals surface area contributed by atoms with Gasteiger partial charge < -0.3 is 15.0 Å². The monoisotopic (exact) mass is 454 g/mol. The van der Waals surface area contributed by atoms with Crippen LogP contribution in [-0.2, 0) is 24.3 Å². The third-order valence-electron chi connectivity index (χ3n) is 6.81. The Morgan fingerprint density at radius 2 is 1.61 bits per heavy atom. The minimum atomic E-state index is -0.183. The predicted molar refractivity (Wildman–Crippen MR) is 137 cm³/mol. The Kier molecular flexibility index (Phi) is 9.24. The molecule has 6 heteroatoms. The van der Waals surface area contributed by atoms with Crippen molar-refractivity contribution in [2.75, 3.05) is 51.1 Å². The molecule has 2 aromatic rings. The van der Waals surface area contributed by atoms with Crippen molar-refractivity contribution < 1.29 is 9.30 Å². The molecule has 0 unspecified atom stereocenters. The smallest absolute Gasteiger partial charge is 0.333 e. The summed E-state index contributed by atoms with van der Waals surface area (Å²) >= 11 is 0. The SMILES string of the molecule is CCN(CC)CCNc1nc(-c2ccccc2)[n+](CCN(CC)CC)c2c1COC(C)(C)C2. The van der Waals surface area contributed by atoms with E-state index in [0.717, 1.165) is 76.0 Å². The molecule has 33 heavy (non-hydrogen) atoms. The summed E-state index contributed by atoms with van der Waals surface area (Å²) in [4.78, 5) is 10.1. The number of rotatable bonds is 12. The average Bonchev–Trinajstić information content (AvgIpc) is 2.82. The van der Waals surface area contributed by atoms with Crippen molar-refractivity contribution in [1.82, 2.24) is 14.8 Å². The molecular formula is C27H44N5O+. The summed E-state index contributed by atoms with van der Waals surface area (Å²) in [7, 11) is 0. The molecule has 1 N–H and O–H groups in total. The molecular weight excluding hydrogens is 410 g/mol. The minimum absolute atomic E-state index is 0.183. The van der Waals surface area contributed by atoms with Gasteiger partial charge in [0.1, 0.15) is 12.2 Å². The first kappa shape index (κ1) is 25.6. The summed E-state index contributed by atoms with van der Waals surface area (Å²) in [5.74, 6) is 2.02. The number of nitrogens with zero attached hydrogens (tertiary/aromatic N) is 4. The number of hydrogen-bond donors (Lipinski definition) is 1. The van der Waals surface area contributed by atoms with E-state index in [4.69, 9.17) is 9.72 Å². The zero-order valence-corrected chi connectivity index (χ0v) is 21.7. The van der Waals surface area contributed by atoms with Gasteiger partial charge in [-0.3, -0.25) is 4.90 Å². The summed E-state index contributed by atoms with van der Waals surface area (Å²) in [5, 5.41) is 3.67. The minimum Gasteiger partial charge on any atom is -0.370 e. The van der Waals surface area contributed by atoms with E-state index < -0.39 is 0 Å². The molecule has 1 aromatic heterocycles. The highest BCUT2D eigenvalue weighted by atomic mass is 16.5. The Hall–Kier alpha value is -2.02. The first-order valence-electron chi connectivity index (χ1n) is 12.8. The largest absolute Gasteiger partial charge is 0.370 e. The van der Waals surface area contributed by atoms with E-state index in [2.05, 4.69) is 91.6 Å². The standard InChI is InChI=1S/C27H43N5O/c1-7-30(8-2)17-16-28-25-23-21-33-27(5,6)20-24(23)32(19-18-31(9-3)10-4)26(29-25)22-14-12-11-13-15-22/h11-15H,7-10,16-21H2,1-6H3/p+1. The van der Waals surface area contributed by atoms with Gasteiger partial charge in [-0.15, -0.1) is 0 Å². The van der Waals surface area contributed by atoms with Crippen LogP contribution in [0.5, 0.6) is 0 Å². The number of aromatic nitrogens is 2. The number of ether oxygens (including phenoxy) is 1. The summed E-state index contributed by atoms with van der Waals surface area (Å²) in [6.07, 6.45) is 0.883. The van der Waals surface area contributed by atoms with E-state index in [1.807, 2.05) is 0 Å². The Bertz CT molecular complexity index is 876. The predicted octanol–water partition coefficient (Wildman–Crippen LogP) is 3.98. The van der Waals surface area contributed by atoms with Crippen molar-refractivity contribution in [2.45, 2.75) is 66.7 Å². The van der Waals surface area contributed by atoms with Gasteiger partial charge in [-0.05, 0) is 57.1 Å². The molecule has 0 radical (unpaired) electrons. The molecule has 0 amide bonds. The van der Waals surface area contributed by atoms with Crippen LogP contribution in [0, 0.1) is 0 Å². The van der Waals surface area contributed by atoms with Gasteiger partial charge in [0.05, 0.1) is 23.3 Å². The third kappa shape index (κ3) is 6.52. The van der Waals surface area contributed by atoms with E-state index in [1.54, 1.807) is 0 Å². The number of anilines is 1. The average molecular weight is 455 g/mol. The highest BCUT2D eigenvalue weighted by Gasteiger charge is 2.36. The fourth-order valence-corrected chi connectivity index (χ4v) is 4.58. The molecule has 2 heterocycles. The van der Waals surface area contributed by atoms with E-state index in [-0.39, 0.29) is 5.60 Å². The summed E-state index contributed by atoms with van der Waals surface area (Å²) in [6, 6.07) is 10.6. The van der Waals surface area contributed by atoms with Crippen LogP contribution in [0.15, 0.2) is 30.3 Å². The van der Waals surface area contributed by atoms with Gasteiger partial charge in [-0.25, -0.2) is 4.57 Å². The van der Waals surface area contributed by atoms with Crippen LogP contribution in [-0.4, -0.2) is 66.2 Å². The van der Waals surface area contributed by atoms with Crippen LogP contribution < -0.4 is 9.88 Å². The molecule has 6 nitrogen and oxygen atoms in total. The normalized spacial score (nSPS) is 15.2. The Morgan fingerprint density at radius 3 is 2.24 bits per heavy atom. The molecule has 0 saturated heterocycles. The van der Waals surface area contributed by atoms with Crippen molar-refractivity contribution in [1.29, 1.82) is 0 Å². The van der Waals surface area contributed by atoms with E-state index >= 15 is 0 Å². The molecule has 1 aliphatic heterocycles. The highest BCUT2D eigenvalue weighted by Crippen LogP contribution is 2.31. The van der Waals surface area contributed by atoms with Gasteiger partial charge in [0.2, 0.25) is 0 Å². The number of nitrogens with one attached hydrogen (secondary N) is 1. The highest BCUT2D eigenvalue weighted by molar-refractivity contribution is 5.57. The Morgan fingerprint density at radius 1 is 0.970 bits per heavy atom. The molecule has 0 bridgehead atoms. The van der Waals surface area contributed by atoms with Gasteiger partial charge >= 0.3 is 5.82 Å². The van der Waals surface area contributed by atoms with Crippen molar-refractivity contribution in [3.05, 3.63) is 41.6 Å². The van der Waals surface area contributed by atoms with Crippen LogP contribution in [0.2, 0.25) is 0 Å². The molecule has 3 rings (SSSR count). The third-order valence-corrected chi connectivity index (χ3v) is 6.81. The van der Waals surface area contributed by atoms with E-state index in [0.29, 0.717) is 6.61 Å². The van der Waals surface area contributed by atoms with Crippen LogP contribution in [0.3, 0.4) is 0 Å². The zero-order valence-electron chi connectivity index (χ0n) is 21.7. The lowest BCUT2D eigenvalue weighted by molar-refractivity contribution is -0.697.